The molecule has 0 aromatic heterocycles. The van der Waals surface area contributed by atoms with Crippen molar-refractivity contribution in [1.82, 2.24) is 9.80 Å². The molecule has 1 saturated heterocycles. The van der Waals surface area contributed by atoms with Crippen LogP contribution in [-0.4, -0.2) is 59.8 Å². The molecule has 1 aliphatic heterocycles. The Morgan fingerprint density at radius 1 is 1.06 bits per heavy atom. The number of hydrogen-bond donors (Lipinski definition) is 1. The third kappa shape index (κ3) is 3.21. The summed E-state index contributed by atoms with van der Waals surface area (Å²) in [6.45, 7) is 4.79. The Labute approximate surface area is 106 Å². The number of aliphatic hydroxyl groups excluding tert-OH is 1. The van der Waals surface area contributed by atoms with Crippen molar-refractivity contribution in [3.05, 3.63) is 0 Å². The Bertz CT molecular complexity index is 226. The van der Waals surface area contributed by atoms with Crippen molar-refractivity contribution in [3.8, 4) is 0 Å². The molecular weight excluding hydrogens is 212 g/mol. The van der Waals surface area contributed by atoms with Crippen LogP contribution < -0.4 is 0 Å². The minimum absolute atomic E-state index is 0.298. The molecule has 100 valence electrons. The van der Waals surface area contributed by atoms with Gasteiger partial charge in [-0.25, -0.2) is 0 Å². The maximum Gasteiger partial charge on any atom is 0.0599 e. The third-order valence-corrected chi connectivity index (χ3v) is 4.67. The van der Waals surface area contributed by atoms with Gasteiger partial charge in [0.1, 0.15) is 0 Å². The normalized spacial score (nSPS) is 34.8. The Morgan fingerprint density at radius 3 is 2.29 bits per heavy atom. The van der Waals surface area contributed by atoms with Crippen molar-refractivity contribution >= 4 is 0 Å². The van der Waals surface area contributed by atoms with E-state index in [1.54, 1.807) is 0 Å². The average Bonchev–Trinajstić information content (AvgIpc) is 2.58. The number of aliphatic hydroxyl groups is 1. The molecular formula is C14H28N2O. The summed E-state index contributed by atoms with van der Waals surface area (Å²) in [7, 11) is 2.14. The minimum atomic E-state index is 0.298. The number of likely N-dealkylation sites (N-methyl/N-ethyl adjacent to an activating group) is 1. The zero-order valence-corrected chi connectivity index (χ0v) is 11.4. The molecule has 2 rings (SSSR count). The topological polar surface area (TPSA) is 26.7 Å². The molecule has 0 radical (unpaired) electrons. The highest BCUT2D eigenvalue weighted by Gasteiger charge is 2.33. The third-order valence-electron chi connectivity index (χ3n) is 4.67. The molecule has 3 heteroatoms. The molecule has 1 N–H and O–H groups in total. The van der Waals surface area contributed by atoms with Crippen LogP contribution in [0.15, 0.2) is 0 Å². The van der Waals surface area contributed by atoms with E-state index in [0.717, 1.165) is 19.1 Å². The second-order valence-electron chi connectivity index (χ2n) is 5.97. The molecule has 2 fully saturated rings. The highest BCUT2D eigenvalue weighted by molar-refractivity contribution is 4.89. The number of nitrogens with zero attached hydrogens (tertiary/aromatic N) is 2. The summed E-state index contributed by atoms with van der Waals surface area (Å²) in [6, 6.07) is 1.76. The van der Waals surface area contributed by atoms with Crippen molar-refractivity contribution in [2.75, 3.05) is 26.7 Å². The minimum Gasteiger partial charge on any atom is -0.395 e. The van der Waals surface area contributed by atoms with Crippen LogP contribution in [0.3, 0.4) is 0 Å². The molecule has 1 aliphatic carbocycles. The molecule has 0 spiro atoms. The predicted octanol–water partition coefficient (Wildman–Crippen LogP) is 1.71. The van der Waals surface area contributed by atoms with Crippen LogP contribution in [0.4, 0.5) is 0 Å². The Morgan fingerprint density at radius 2 is 1.71 bits per heavy atom. The van der Waals surface area contributed by atoms with Crippen LogP contribution in [0.2, 0.25) is 0 Å². The Hall–Kier alpha value is -0.120. The summed E-state index contributed by atoms with van der Waals surface area (Å²) in [6.07, 6.45) is 8.36. The van der Waals surface area contributed by atoms with E-state index in [4.69, 9.17) is 0 Å². The summed E-state index contributed by atoms with van der Waals surface area (Å²) < 4.78 is 0. The van der Waals surface area contributed by atoms with E-state index in [0.29, 0.717) is 18.7 Å². The van der Waals surface area contributed by atoms with Gasteiger partial charge in [-0.2, -0.15) is 0 Å². The number of piperazine rings is 1. The van der Waals surface area contributed by atoms with Gasteiger partial charge in [-0.1, -0.05) is 25.7 Å². The van der Waals surface area contributed by atoms with E-state index >= 15 is 0 Å². The van der Waals surface area contributed by atoms with Gasteiger partial charge in [0.2, 0.25) is 0 Å². The highest BCUT2D eigenvalue weighted by atomic mass is 16.3. The summed E-state index contributed by atoms with van der Waals surface area (Å²) in [5.74, 6) is 0. The SMILES string of the molecule is CC1CN(C)C(CO)CN1C1CCCCCC1. The van der Waals surface area contributed by atoms with E-state index in [2.05, 4.69) is 23.8 Å². The molecule has 3 nitrogen and oxygen atoms in total. The van der Waals surface area contributed by atoms with Gasteiger partial charge < -0.3 is 5.11 Å². The average molecular weight is 240 g/mol. The first-order valence-corrected chi connectivity index (χ1v) is 7.29. The van der Waals surface area contributed by atoms with Crippen molar-refractivity contribution in [3.63, 3.8) is 0 Å². The lowest BCUT2D eigenvalue weighted by atomic mass is 10.0. The summed E-state index contributed by atoms with van der Waals surface area (Å²) in [5.41, 5.74) is 0. The van der Waals surface area contributed by atoms with E-state index in [1.807, 2.05) is 0 Å². The number of rotatable bonds is 2. The van der Waals surface area contributed by atoms with Crippen LogP contribution in [0.1, 0.15) is 45.4 Å². The first-order chi connectivity index (χ1) is 8.22. The van der Waals surface area contributed by atoms with Gasteiger partial charge in [-0.3, -0.25) is 9.80 Å². The van der Waals surface area contributed by atoms with Crippen molar-refractivity contribution in [2.45, 2.75) is 63.6 Å². The molecule has 1 saturated carbocycles. The summed E-state index contributed by atoms with van der Waals surface area (Å²) in [5, 5.41) is 9.45. The first kappa shape index (κ1) is 13.3. The van der Waals surface area contributed by atoms with E-state index in [9.17, 15) is 5.11 Å². The maximum absolute atomic E-state index is 9.45. The molecule has 0 aromatic carbocycles. The summed E-state index contributed by atoms with van der Waals surface area (Å²) in [4.78, 5) is 4.99. The lowest BCUT2D eigenvalue weighted by Gasteiger charge is -2.46. The predicted molar refractivity (Wildman–Crippen MR) is 71.2 cm³/mol. The molecule has 2 atom stereocenters. The van der Waals surface area contributed by atoms with Crippen molar-refractivity contribution < 1.29 is 5.11 Å². The monoisotopic (exact) mass is 240 g/mol. The zero-order chi connectivity index (χ0) is 12.3. The molecule has 2 aliphatic rings. The van der Waals surface area contributed by atoms with Gasteiger partial charge in [0, 0.05) is 31.2 Å². The molecule has 0 bridgehead atoms. The fourth-order valence-electron chi connectivity index (χ4n) is 3.53. The van der Waals surface area contributed by atoms with Gasteiger partial charge in [0.15, 0.2) is 0 Å². The molecule has 2 unspecified atom stereocenters. The lowest BCUT2D eigenvalue weighted by molar-refractivity contribution is -0.00239. The molecule has 0 amide bonds. The molecule has 0 aromatic rings. The standard InChI is InChI=1S/C14H28N2O/c1-12-9-15(2)14(11-17)10-16(12)13-7-5-3-4-6-8-13/h12-14,17H,3-11H2,1-2H3. The van der Waals surface area contributed by atoms with Crippen molar-refractivity contribution in [1.29, 1.82) is 0 Å². The largest absolute Gasteiger partial charge is 0.395 e. The van der Waals surface area contributed by atoms with Gasteiger partial charge >= 0.3 is 0 Å². The Kier molecular flexibility index (Phi) is 4.83. The van der Waals surface area contributed by atoms with Crippen LogP contribution in [0, 0.1) is 0 Å². The number of hydrogen-bond acceptors (Lipinski definition) is 3. The van der Waals surface area contributed by atoms with Gasteiger partial charge in [0.05, 0.1) is 6.61 Å². The van der Waals surface area contributed by atoms with Crippen LogP contribution >= 0.6 is 0 Å². The zero-order valence-electron chi connectivity index (χ0n) is 11.4. The first-order valence-electron chi connectivity index (χ1n) is 7.29. The summed E-state index contributed by atoms with van der Waals surface area (Å²) >= 11 is 0. The Balaban J connectivity index is 1.97. The van der Waals surface area contributed by atoms with E-state index < -0.39 is 0 Å². The fourth-order valence-corrected chi connectivity index (χ4v) is 3.53. The highest BCUT2D eigenvalue weighted by Crippen LogP contribution is 2.26. The van der Waals surface area contributed by atoms with Gasteiger partial charge in [-0.15, -0.1) is 0 Å². The second kappa shape index (κ2) is 6.17. The molecule has 17 heavy (non-hydrogen) atoms. The van der Waals surface area contributed by atoms with Crippen LogP contribution in [0.25, 0.3) is 0 Å². The van der Waals surface area contributed by atoms with Gasteiger partial charge in [-0.05, 0) is 26.8 Å². The van der Waals surface area contributed by atoms with E-state index in [1.165, 1.54) is 38.5 Å². The second-order valence-corrected chi connectivity index (χ2v) is 5.97. The quantitative estimate of drug-likeness (QED) is 0.744. The smallest absolute Gasteiger partial charge is 0.0599 e. The van der Waals surface area contributed by atoms with E-state index in [-0.39, 0.29) is 0 Å². The van der Waals surface area contributed by atoms with Crippen LogP contribution in [-0.2, 0) is 0 Å². The van der Waals surface area contributed by atoms with Crippen LogP contribution in [0.5, 0.6) is 0 Å². The molecule has 1 heterocycles. The van der Waals surface area contributed by atoms with Crippen molar-refractivity contribution in [2.24, 2.45) is 0 Å². The maximum atomic E-state index is 9.45. The fraction of sp³-hybridized carbons (Fsp3) is 1.00. The lowest BCUT2D eigenvalue weighted by Crippen LogP contribution is -2.59. The van der Waals surface area contributed by atoms with Gasteiger partial charge in [0.25, 0.3) is 0 Å².